The van der Waals surface area contributed by atoms with E-state index in [0.29, 0.717) is 37.2 Å². The zero-order valence-electron chi connectivity index (χ0n) is 17.4. The molecule has 8 heteroatoms. The van der Waals surface area contributed by atoms with Crippen molar-refractivity contribution in [3.8, 4) is 0 Å². The number of sulfonamides is 1. The number of carbonyl (C=O) groups excluding carboxylic acids is 2. The average molecular weight is 430 g/mol. The van der Waals surface area contributed by atoms with Crippen molar-refractivity contribution >= 4 is 27.5 Å². The van der Waals surface area contributed by atoms with Crippen LogP contribution in [0.3, 0.4) is 0 Å². The Morgan fingerprint density at radius 1 is 1.00 bits per heavy atom. The van der Waals surface area contributed by atoms with Crippen molar-refractivity contribution in [2.75, 3.05) is 18.4 Å². The molecule has 3 rings (SSSR count). The zero-order chi connectivity index (χ0) is 21.9. The van der Waals surface area contributed by atoms with Crippen LogP contribution in [0.25, 0.3) is 0 Å². The maximum atomic E-state index is 12.9. The van der Waals surface area contributed by atoms with Gasteiger partial charge in [-0.15, -0.1) is 0 Å². The lowest BCUT2D eigenvalue weighted by atomic mass is 10.0. The Morgan fingerprint density at radius 2 is 1.63 bits per heavy atom. The van der Waals surface area contributed by atoms with Gasteiger partial charge in [0, 0.05) is 37.3 Å². The van der Waals surface area contributed by atoms with Crippen molar-refractivity contribution < 1.29 is 18.0 Å². The van der Waals surface area contributed by atoms with Crippen molar-refractivity contribution in [3.63, 3.8) is 0 Å². The van der Waals surface area contributed by atoms with E-state index in [1.807, 2.05) is 32.0 Å². The number of hydrogen-bond donors (Lipinski definition) is 2. The second-order valence-electron chi connectivity index (χ2n) is 7.60. The molecule has 1 aliphatic heterocycles. The van der Waals surface area contributed by atoms with Crippen molar-refractivity contribution in [2.24, 2.45) is 0 Å². The lowest BCUT2D eigenvalue weighted by molar-refractivity contribution is -0.114. The molecule has 1 heterocycles. The van der Waals surface area contributed by atoms with Gasteiger partial charge in [0.15, 0.2) is 0 Å². The maximum absolute atomic E-state index is 12.9. The first-order valence-electron chi connectivity index (χ1n) is 9.93. The molecule has 0 saturated carbocycles. The number of anilines is 1. The van der Waals surface area contributed by atoms with E-state index < -0.39 is 10.0 Å². The van der Waals surface area contributed by atoms with Gasteiger partial charge in [-0.25, -0.2) is 8.42 Å². The fourth-order valence-corrected chi connectivity index (χ4v) is 5.03. The highest BCUT2D eigenvalue weighted by atomic mass is 32.2. The summed E-state index contributed by atoms with van der Waals surface area (Å²) in [4.78, 5) is 23.9. The van der Waals surface area contributed by atoms with Crippen molar-refractivity contribution in [3.05, 3.63) is 59.2 Å². The van der Waals surface area contributed by atoms with Crippen LogP contribution in [0, 0.1) is 13.8 Å². The summed E-state index contributed by atoms with van der Waals surface area (Å²) < 4.78 is 27.3. The molecule has 2 aromatic carbocycles. The Hall–Kier alpha value is -2.71. The highest BCUT2D eigenvalue weighted by Crippen LogP contribution is 2.23. The summed E-state index contributed by atoms with van der Waals surface area (Å²) in [5.41, 5.74) is 3.23. The Balaban J connectivity index is 1.61. The molecule has 1 aliphatic rings. The van der Waals surface area contributed by atoms with Crippen LogP contribution in [0.2, 0.25) is 0 Å². The summed E-state index contributed by atoms with van der Waals surface area (Å²) in [5.74, 6) is -0.332. The molecule has 160 valence electrons. The van der Waals surface area contributed by atoms with Crippen LogP contribution >= 0.6 is 0 Å². The predicted molar refractivity (Wildman–Crippen MR) is 116 cm³/mol. The molecule has 0 bridgehead atoms. The topological polar surface area (TPSA) is 95.6 Å². The molecule has 1 saturated heterocycles. The first-order chi connectivity index (χ1) is 14.2. The molecule has 0 aromatic heterocycles. The van der Waals surface area contributed by atoms with E-state index in [9.17, 15) is 18.0 Å². The van der Waals surface area contributed by atoms with Gasteiger partial charge in [-0.05, 0) is 68.1 Å². The molecular weight excluding hydrogens is 402 g/mol. The van der Waals surface area contributed by atoms with Gasteiger partial charge in [-0.3, -0.25) is 9.59 Å². The van der Waals surface area contributed by atoms with Gasteiger partial charge in [0.05, 0.1) is 4.90 Å². The summed E-state index contributed by atoms with van der Waals surface area (Å²) in [6.07, 6.45) is 1.11. The minimum absolute atomic E-state index is 0.0639. The third-order valence-corrected chi connectivity index (χ3v) is 7.36. The fourth-order valence-electron chi connectivity index (χ4n) is 3.56. The number of carbonyl (C=O) groups is 2. The smallest absolute Gasteiger partial charge is 0.251 e. The molecular formula is C22H27N3O4S. The SMILES string of the molecule is CC(=O)Nc1ccc(S(=O)(=O)N2CCC(NC(=O)c3cccc(C)c3C)CC2)cc1. The lowest BCUT2D eigenvalue weighted by Gasteiger charge is -2.31. The number of amides is 2. The standard InChI is InChI=1S/C22H27N3O4S/c1-15-5-4-6-21(16(15)2)22(27)24-19-11-13-25(14-12-19)30(28,29)20-9-7-18(8-10-20)23-17(3)26/h4-10,19H,11-14H2,1-3H3,(H,23,26)(H,24,27). The highest BCUT2D eigenvalue weighted by molar-refractivity contribution is 7.89. The molecule has 2 aromatic rings. The van der Waals surface area contributed by atoms with Gasteiger partial charge >= 0.3 is 0 Å². The number of benzene rings is 2. The van der Waals surface area contributed by atoms with Gasteiger partial charge in [0.1, 0.15) is 0 Å². The molecule has 1 fully saturated rings. The molecule has 30 heavy (non-hydrogen) atoms. The van der Waals surface area contributed by atoms with Crippen LogP contribution in [-0.4, -0.2) is 43.7 Å². The second kappa shape index (κ2) is 8.97. The minimum Gasteiger partial charge on any atom is -0.349 e. The number of piperidine rings is 1. The van der Waals surface area contributed by atoms with E-state index in [4.69, 9.17) is 0 Å². The molecule has 0 unspecified atom stereocenters. The molecule has 7 nitrogen and oxygen atoms in total. The van der Waals surface area contributed by atoms with Crippen LogP contribution in [-0.2, 0) is 14.8 Å². The Bertz CT molecular complexity index is 1040. The Morgan fingerprint density at radius 3 is 2.23 bits per heavy atom. The zero-order valence-corrected chi connectivity index (χ0v) is 18.3. The summed E-state index contributed by atoms with van der Waals surface area (Å²) in [5, 5.41) is 5.66. The second-order valence-corrected chi connectivity index (χ2v) is 9.54. The number of rotatable bonds is 5. The van der Waals surface area contributed by atoms with E-state index in [0.717, 1.165) is 11.1 Å². The Kier molecular flexibility index (Phi) is 6.58. The molecule has 0 spiro atoms. The third-order valence-electron chi connectivity index (χ3n) is 5.45. The summed E-state index contributed by atoms with van der Waals surface area (Å²) in [6.45, 7) is 5.98. The van der Waals surface area contributed by atoms with E-state index in [1.54, 1.807) is 12.1 Å². The molecule has 0 atom stereocenters. The van der Waals surface area contributed by atoms with Crippen LogP contribution in [0.5, 0.6) is 0 Å². The predicted octanol–water partition coefficient (Wildman–Crippen LogP) is 2.84. The van der Waals surface area contributed by atoms with E-state index >= 15 is 0 Å². The van der Waals surface area contributed by atoms with Crippen LogP contribution in [0.1, 0.15) is 41.3 Å². The summed E-state index contributed by atoms with van der Waals surface area (Å²) in [7, 11) is -3.62. The quantitative estimate of drug-likeness (QED) is 0.764. The molecule has 0 radical (unpaired) electrons. The largest absolute Gasteiger partial charge is 0.349 e. The number of nitrogens with one attached hydrogen (secondary N) is 2. The third kappa shape index (κ3) is 4.88. The first kappa shape index (κ1) is 22.0. The van der Waals surface area contributed by atoms with Gasteiger partial charge in [0.2, 0.25) is 15.9 Å². The van der Waals surface area contributed by atoms with E-state index in [-0.39, 0.29) is 22.8 Å². The number of aryl methyl sites for hydroxylation is 1. The monoisotopic (exact) mass is 429 g/mol. The Labute approximate surface area is 177 Å². The summed E-state index contributed by atoms with van der Waals surface area (Å²) >= 11 is 0. The molecule has 0 aliphatic carbocycles. The van der Waals surface area contributed by atoms with Crippen molar-refractivity contribution in [2.45, 2.75) is 44.6 Å². The maximum Gasteiger partial charge on any atom is 0.251 e. The average Bonchev–Trinajstić information content (AvgIpc) is 2.70. The number of nitrogens with zero attached hydrogens (tertiary/aromatic N) is 1. The highest BCUT2D eigenvalue weighted by Gasteiger charge is 2.30. The van der Waals surface area contributed by atoms with E-state index in [1.165, 1.54) is 23.4 Å². The van der Waals surface area contributed by atoms with Gasteiger partial charge in [0.25, 0.3) is 5.91 Å². The van der Waals surface area contributed by atoms with Gasteiger partial charge in [-0.2, -0.15) is 4.31 Å². The minimum atomic E-state index is -3.62. The van der Waals surface area contributed by atoms with Crippen LogP contribution in [0.15, 0.2) is 47.4 Å². The normalized spacial score (nSPS) is 15.6. The van der Waals surface area contributed by atoms with E-state index in [2.05, 4.69) is 10.6 Å². The number of hydrogen-bond acceptors (Lipinski definition) is 4. The van der Waals surface area contributed by atoms with Crippen molar-refractivity contribution in [1.29, 1.82) is 0 Å². The van der Waals surface area contributed by atoms with Crippen molar-refractivity contribution in [1.82, 2.24) is 9.62 Å². The van der Waals surface area contributed by atoms with Crippen LogP contribution < -0.4 is 10.6 Å². The first-order valence-corrected chi connectivity index (χ1v) is 11.4. The van der Waals surface area contributed by atoms with Gasteiger partial charge < -0.3 is 10.6 Å². The molecule has 2 amide bonds. The fraction of sp³-hybridized carbons (Fsp3) is 0.364. The van der Waals surface area contributed by atoms with Gasteiger partial charge in [-0.1, -0.05) is 12.1 Å². The lowest BCUT2D eigenvalue weighted by Crippen LogP contribution is -2.46. The summed E-state index contributed by atoms with van der Waals surface area (Å²) in [6, 6.07) is 11.7. The molecule has 2 N–H and O–H groups in total. The van der Waals surface area contributed by atoms with Crippen LogP contribution in [0.4, 0.5) is 5.69 Å².